The van der Waals surface area contributed by atoms with Crippen LogP contribution in [0.5, 0.6) is 0 Å². The Bertz CT molecular complexity index is 739. The van der Waals surface area contributed by atoms with Crippen molar-refractivity contribution < 1.29 is 18.7 Å². The molecule has 0 N–H and O–H groups in total. The monoisotopic (exact) mass is 375 g/mol. The number of amides is 2. The summed E-state index contributed by atoms with van der Waals surface area (Å²) in [5.41, 5.74) is 1.30. The van der Waals surface area contributed by atoms with Gasteiger partial charge in [-0.05, 0) is 50.7 Å². The van der Waals surface area contributed by atoms with Crippen LogP contribution in [0.25, 0.3) is 5.57 Å². The van der Waals surface area contributed by atoms with Gasteiger partial charge in [-0.15, -0.1) is 0 Å². The zero-order chi connectivity index (χ0) is 19.6. The van der Waals surface area contributed by atoms with Crippen molar-refractivity contribution in [2.24, 2.45) is 0 Å². The Morgan fingerprint density at radius 1 is 1.15 bits per heavy atom. The summed E-state index contributed by atoms with van der Waals surface area (Å²) in [6.07, 6.45) is 1.85. The van der Waals surface area contributed by atoms with E-state index in [1.54, 1.807) is 12.1 Å². The maximum absolute atomic E-state index is 13.4. The van der Waals surface area contributed by atoms with Gasteiger partial charge in [0.2, 0.25) is 0 Å². The van der Waals surface area contributed by atoms with E-state index in [2.05, 4.69) is 11.9 Å². The summed E-state index contributed by atoms with van der Waals surface area (Å²) in [6.45, 7) is 2.37. The van der Waals surface area contributed by atoms with Gasteiger partial charge in [-0.1, -0.05) is 12.1 Å². The van der Waals surface area contributed by atoms with Crippen molar-refractivity contribution in [1.82, 2.24) is 14.7 Å². The summed E-state index contributed by atoms with van der Waals surface area (Å²) in [4.78, 5) is 31.5. The van der Waals surface area contributed by atoms with Gasteiger partial charge in [-0.2, -0.15) is 0 Å². The van der Waals surface area contributed by atoms with E-state index in [4.69, 9.17) is 4.74 Å². The summed E-state index contributed by atoms with van der Waals surface area (Å²) in [6, 6.07) is 5.91. The third-order valence-corrected chi connectivity index (χ3v) is 5.38. The van der Waals surface area contributed by atoms with Crippen LogP contribution in [0.3, 0.4) is 0 Å². The number of benzene rings is 1. The van der Waals surface area contributed by atoms with E-state index >= 15 is 0 Å². The minimum Gasteiger partial charge on any atom is -0.383 e. The molecule has 0 atom stereocenters. The number of hydrogen-bond donors (Lipinski definition) is 0. The van der Waals surface area contributed by atoms with Gasteiger partial charge in [0.1, 0.15) is 11.5 Å². The van der Waals surface area contributed by atoms with Crippen molar-refractivity contribution in [2.45, 2.75) is 18.9 Å². The topological polar surface area (TPSA) is 53.1 Å². The SMILES string of the molecule is COCCN1C(=O)C(c2ccc(F)cc2)=C(N(C)C2CCN(C)CC2)C1=O. The number of imide groups is 1. The van der Waals surface area contributed by atoms with E-state index in [0.29, 0.717) is 16.8 Å². The second kappa shape index (κ2) is 8.19. The van der Waals surface area contributed by atoms with Gasteiger partial charge in [0.25, 0.3) is 11.8 Å². The van der Waals surface area contributed by atoms with Crippen molar-refractivity contribution in [3.8, 4) is 0 Å². The molecule has 2 amide bonds. The van der Waals surface area contributed by atoms with Crippen LogP contribution in [-0.4, -0.2) is 80.0 Å². The highest BCUT2D eigenvalue weighted by atomic mass is 19.1. The Morgan fingerprint density at radius 2 is 1.78 bits per heavy atom. The Hall–Kier alpha value is -2.25. The quantitative estimate of drug-likeness (QED) is 0.707. The fourth-order valence-corrected chi connectivity index (χ4v) is 3.72. The lowest BCUT2D eigenvalue weighted by molar-refractivity contribution is -0.138. The maximum Gasteiger partial charge on any atom is 0.277 e. The molecule has 27 heavy (non-hydrogen) atoms. The average molecular weight is 375 g/mol. The zero-order valence-corrected chi connectivity index (χ0v) is 16.1. The van der Waals surface area contributed by atoms with Crippen molar-refractivity contribution in [1.29, 1.82) is 0 Å². The number of likely N-dealkylation sites (tertiary alicyclic amines) is 1. The second-order valence-corrected chi connectivity index (χ2v) is 7.13. The predicted octanol–water partition coefficient (Wildman–Crippen LogP) is 1.58. The summed E-state index contributed by atoms with van der Waals surface area (Å²) >= 11 is 0. The van der Waals surface area contributed by atoms with Crippen molar-refractivity contribution in [3.63, 3.8) is 0 Å². The molecule has 0 unspecified atom stereocenters. The summed E-state index contributed by atoms with van der Waals surface area (Å²) < 4.78 is 18.4. The molecule has 1 saturated heterocycles. The molecule has 6 nitrogen and oxygen atoms in total. The number of piperidine rings is 1. The van der Waals surface area contributed by atoms with E-state index in [1.165, 1.54) is 24.1 Å². The van der Waals surface area contributed by atoms with Gasteiger partial charge in [0.15, 0.2) is 0 Å². The molecule has 7 heteroatoms. The molecular formula is C20H26FN3O3. The lowest BCUT2D eigenvalue weighted by Gasteiger charge is -2.36. The van der Waals surface area contributed by atoms with Crippen LogP contribution in [0.2, 0.25) is 0 Å². The lowest BCUT2D eigenvalue weighted by Crippen LogP contribution is -2.44. The lowest BCUT2D eigenvalue weighted by atomic mass is 10.00. The average Bonchev–Trinajstić information content (AvgIpc) is 2.91. The van der Waals surface area contributed by atoms with Crippen LogP contribution >= 0.6 is 0 Å². The molecule has 146 valence electrons. The number of hydrogen-bond acceptors (Lipinski definition) is 5. The van der Waals surface area contributed by atoms with E-state index in [9.17, 15) is 14.0 Å². The minimum absolute atomic E-state index is 0.186. The summed E-state index contributed by atoms with van der Waals surface area (Å²) in [5.74, 6) is -1.03. The van der Waals surface area contributed by atoms with Gasteiger partial charge in [0.05, 0.1) is 18.7 Å². The van der Waals surface area contributed by atoms with Crippen molar-refractivity contribution in [3.05, 3.63) is 41.3 Å². The highest BCUT2D eigenvalue weighted by Gasteiger charge is 2.42. The molecule has 1 aromatic rings. The van der Waals surface area contributed by atoms with E-state index in [0.717, 1.165) is 25.9 Å². The van der Waals surface area contributed by atoms with Crippen molar-refractivity contribution >= 4 is 17.4 Å². The molecular weight excluding hydrogens is 349 g/mol. The molecule has 0 aliphatic carbocycles. The first-order valence-corrected chi connectivity index (χ1v) is 9.20. The molecule has 0 aromatic heterocycles. The second-order valence-electron chi connectivity index (χ2n) is 7.13. The van der Waals surface area contributed by atoms with E-state index < -0.39 is 0 Å². The van der Waals surface area contributed by atoms with Crippen LogP contribution in [0.15, 0.2) is 30.0 Å². The zero-order valence-electron chi connectivity index (χ0n) is 16.1. The number of ether oxygens (including phenoxy) is 1. The Morgan fingerprint density at radius 3 is 2.37 bits per heavy atom. The summed E-state index contributed by atoms with van der Waals surface area (Å²) in [7, 11) is 5.49. The van der Waals surface area contributed by atoms with Crippen LogP contribution < -0.4 is 0 Å². The molecule has 2 aliphatic heterocycles. The van der Waals surface area contributed by atoms with Crippen LogP contribution in [0.4, 0.5) is 4.39 Å². The van der Waals surface area contributed by atoms with E-state index in [-0.39, 0.29) is 36.8 Å². The maximum atomic E-state index is 13.4. The van der Waals surface area contributed by atoms with Gasteiger partial charge in [-0.3, -0.25) is 14.5 Å². The molecule has 3 rings (SSSR count). The third kappa shape index (κ3) is 3.89. The fraction of sp³-hybridized carbons (Fsp3) is 0.500. The molecule has 2 aliphatic rings. The number of nitrogens with zero attached hydrogens (tertiary/aromatic N) is 3. The smallest absolute Gasteiger partial charge is 0.277 e. The standard InChI is InChI=1S/C20H26FN3O3/c1-22-10-8-16(9-11-22)23(2)18-17(14-4-6-15(21)7-5-14)19(25)24(20(18)26)12-13-27-3/h4-7,16H,8-13H2,1-3H3. The molecule has 0 bridgehead atoms. The molecule has 0 radical (unpaired) electrons. The molecule has 2 heterocycles. The number of halogens is 1. The van der Waals surface area contributed by atoms with Crippen molar-refractivity contribution in [2.75, 3.05) is 47.4 Å². The largest absolute Gasteiger partial charge is 0.383 e. The first-order chi connectivity index (χ1) is 12.9. The summed E-state index contributed by atoms with van der Waals surface area (Å²) in [5, 5.41) is 0. The molecule has 1 aromatic carbocycles. The molecule has 0 saturated carbocycles. The Kier molecular flexibility index (Phi) is 5.92. The number of carbonyl (C=O) groups is 2. The number of rotatable bonds is 6. The van der Waals surface area contributed by atoms with Crippen LogP contribution in [0, 0.1) is 5.82 Å². The molecule has 0 spiro atoms. The van der Waals surface area contributed by atoms with Crippen LogP contribution in [-0.2, 0) is 14.3 Å². The third-order valence-electron chi connectivity index (χ3n) is 5.38. The minimum atomic E-state index is -0.377. The van der Waals surface area contributed by atoms with Gasteiger partial charge in [-0.25, -0.2) is 4.39 Å². The first-order valence-electron chi connectivity index (χ1n) is 9.20. The van der Waals surface area contributed by atoms with Crippen LogP contribution in [0.1, 0.15) is 18.4 Å². The normalized spacial score (nSPS) is 19.3. The Labute approximate surface area is 159 Å². The van der Waals surface area contributed by atoms with E-state index in [1.807, 2.05) is 11.9 Å². The van der Waals surface area contributed by atoms with Gasteiger partial charge < -0.3 is 14.5 Å². The number of carbonyl (C=O) groups excluding carboxylic acids is 2. The fourth-order valence-electron chi connectivity index (χ4n) is 3.72. The highest BCUT2D eigenvalue weighted by Crippen LogP contribution is 2.33. The first kappa shape index (κ1) is 19.5. The van der Waals surface area contributed by atoms with Gasteiger partial charge >= 0.3 is 0 Å². The highest BCUT2D eigenvalue weighted by molar-refractivity contribution is 6.35. The van der Waals surface area contributed by atoms with Gasteiger partial charge in [0, 0.05) is 20.2 Å². The Balaban J connectivity index is 1.98. The number of likely N-dealkylation sites (N-methyl/N-ethyl adjacent to an activating group) is 1. The number of methoxy groups -OCH3 is 1. The predicted molar refractivity (Wildman–Crippen MR) is 100 cm³/mol. The molecule has 1 fully saturated rings.